The highest BCUT2D eigenvalue weighted by Gasteiger charge is 2.29. The van der Waals surface area contributed by atoms with E-state index in [1.165, 1.54) is 51.0 Å². The van der Waals surface area contributed by atoms with E-state index in [-0.39, 0.29) is 4.90 Å². The van der Waals surface area contributed by atoms with Crippen LogP contribution in [-0.4, -0.2) is 25.4 Å². The number of sulfonamides is 1. The third-order valence-corrected chi connectivity index (χ3v) is 9.30. The molecule has 1 aliphatic rings. The van der Waals surface area contributed by atoms with Crippen LogP contribution in [0.3, 0.4) is 0 Å². The highest BCUT2D eigenvalue weighted by Crippen LogP contribution is 2.31. The number of carbonyl (C=O) groups excluding carboxylic acids is 1. The highest BCUT2D eigenvalue weighted by atomic mass is 32.2. The van der Waals surface area contributed by atoms with E-state index in [2.05, 4.69) is 31.0 Å². The normalized spacial score (nSPS) is 14.4. The fourth-order valence-corrected chi connectivity index (χ4v) is 6.92. The lowest BCUT2D eigenvalue weighted by Crippen LogP contribution is -2.35. The molecule has 0 saturated heterocycles. The van der Waals surface area contributed by atoms with Crippen molar-refractivity contribution in [3.63, 3.8) is 0 Å². The summed E-state index contributed by atoms with van der Waals surface area (Å²) in [6, 6.07) is 17.9. The van der Waals surface area contributed by atoms with Crippen molar-refractivity contribution in [2.75, 3.05) is 10.8 Å². The largest absolute Gasteiger partial charge is 0.319 e. The van der Waals surface area contributed by atoms with Gasteiger partial charge in [-0.15, -0.1) is 0 Å². The fourth-order valence-electron chi connectivity index (χ4n) is 4.28. The lowest BCUT2D eigenvalue weighted by Gasteiger charge is -2.30. The first-order chi connectivity index (χ1) is 16.3. The maximum atomic E-state index is 13.3. The number of rotatable bonds is 3. The van der Waals surface area contributed by atoms with Crippen molar-refractivity contribution in [2.45, 2.75) is 31.6 Å². The summed E-state index contributed by atoms with van der Waals surface area (Å²) in [6.45, 7) is 4.57. The second-order valence-electron chi connectivity index (χ2n) is 8.60. The minimum absolute atomic E-state index is 0.166. The third-order valence-electron chi connectivity index (χ3n) is 6.38. The smallest absolute Gasteiger partial charge is 0.279 e. The van der Waals surface area contributed by atoms with E-state index in [1.54, 1.807) is 0 Å². The van der Waals surface area contributed by atoms with Crippen molar-refractivity contribution in [2.24, 2.45) is 12.0 Å². The summed E-state index contributed by atoms with van der Waals surface area (Å²) in [4.78, 5) is 18.0. The Morgan fingerprint density at radius 3 is 2.47 bits per heavy atom. The van der Waals surface area contributed by atoms with Crippen molar-refractivity contribution in [3.8, 4) is 0 Å². The summed E-state index contributed by atoms with van der Waals surface area (Å²) in [5.74, 6) is -0.400. The van der Waals surface area contributed by atoms with Gasteiger partial charge in [-0.05, 0) is 85.8 Å². The van der Waals surface area contributed by atoms with Gasteiger partial charge in [0, 0.05) is 19.2 Å². The number of para-hydroxylation sites is 1. The molecular formula is C26H25N3O3S2. The number of aromatic nitrogens is 1. The van der Waals surface area contributed by atoms with Crippen molar-refractivity contribution < 1.29 is 13.2 Å². The predicted octanol–water partition coefficient (Wildman–Crippen LogP) is 4.74. The molecule has 174 valence electrons. The van der Waals surface area contributed by atoms with Gasteiger partial charge in [0.15, 0.2) is 4.80 Å². The van der Waals surface area contributed by atoms with Gasteiger partial charge in [-0.25, -0.2) is 8.42 Å². The summed E-state index contributed by atoms with van der Waals surface area (Å²) in [7, 11) is -1.82. The first-order valence-electron chi connectivity index (χ1n) is 11.1. The molecular weight excluding hydrogens is 466 g/mol. The average molecular weight is 492 g/mol. The summed E-state index contributed by atoms with van der Waals surface area (Å²) < 4.78 is 31.1. The molecule has 2 heterocycles. The number of fused-ring (bicyclic) bond motifs is 2. The van der Waals surface area contributed by atoms with Gasteiger partial charge in [0.25, 0.3) is 15.9 Å². The predicted molar refractivity (Wildman–Crippen MR) is 136 cm³/mol. The molecule has 0 aliphatic carbocycles. The molecule has 0 saturated carbocycles. The molecule has 1 aliphatic heterocycles. The Morgan fingerprint density at radius 2 is 1.71 bits per heavy atom. The summed E-state index contributed by atoms with van der Waals surface area (Å²) >= 11 is 1.46. The van der Waals surface area contributed by atoms with Crippen LogP contribution in [0.2, 0.25) is 0 Å². The van der Waals surface area contributed by atoms with E-state index in [0.29, 0.717) is 16.9 Å². The molecule has 1 aromatic heterocycles. The van der Waals surface area contributed by atoms with Crippen LogP contribution in [0.15, 0.2) is 70.6 Å². The molecule has 4 aromatic rings. The highest BCUT2D eigenvalue weighted by molar-refractivity contribution is 7.92. The van der Waals surface area contributed by atoms with Gasteiger partial charge in [-0.1, -0.05) is 29.5 Å². The van der Waals surface area contributed by atoms with Crippen LogP contribution in [0.5, 0.6) is 0 Å². The minimum atomic E-state index is -3.72. The van der Waals surface area contributed by atoms with Gasteiger partial charge in [0.1, 0.15) is 0 Å². The molecule has 8 heteroatoms. The van der Waals surface area contributed by atoms with E-state index in [9.17, 15) is 13.2 Å². The van der Waals surface area contributed by atoms with E-state index in [1.807, 2.05) is 35.9 Å². The van der Waals surface area contributed by atoms with E-state index in [4.69, 9.17) is 0 Å². The molecule has 0 radical (unpaired) electrons. The van der Waals surface area contributed by atoms with Crippen molar-refractivity contribution in [3.05, 3.63) is 87.7 Å². The summed E-state index contributed by atoms with van der Waals surface area (Å²) in [5, 5.41) is 0. The number of benzene rings is 3. The quantitative estimate of drug-likeness (QED) is 0.416. The Hall–Kier alpha value is -3.23. The van der Waals surface area contributed by atoms with E-state index in [0.717, 1.165) is 34.3 Å². The zero-order valence-electron chi connectivity index (χ0n) is 19.3. The van der Waals surface area contributed by atoms with Crippen LogP contribution in [-0.2, 0) is 23.5 Å². The van der Waals surface area contributed by atoms with Crippen molar-refractivity contribution in [1.29, 1.82) is 0 Å². The maximum absolute atomic E-state index is 13.3. The molecule has 0 spiro atoms. The molecule has 0 bridgehead atoms. The number of amides is 1. The molecule has 5 rings (SSSR count). The van der Waals surface area contributed by atoms with Gasteiger partial charge in [-0.2, -0.15) is 4.99 Å². The lowest BCUT2D eigenvalue weighted by atomic mass is 10.0. The zero-order valence-corrected chi connectivity index (χ0v) is 20.9. The van der Waals surface area contributed by atoms with Crippen LogP contribution in [0.4, 0.5) is 5.69 Å². The summed E-state index contributed by atoms with van der Waals surface area (Å²) in [6.07, 6.45) is 1.64. The van der Waals surface area contributed by atoms with Gasteiger partial charge >= 0.3 is 0 Å². The maximum Gasteiger partial charge on any atom is 0.279 e. The van der Waals surface area contributed by atoms with Gasteiger partial charge in [0.05, 0.1) is 20.8 Å². The number of thiazole rings is 1. The number of anilines is 1. The molecule has 1 amide bonds. The average Bonchev–Trinajstić information content (AvgIpc) is 3.13. The van der Waals surface area contributed by atoms with E-state index >= 15 is 0 Å². The number of aryl methyl sites for hydroxylation is 4. The molecule has 0 unspecified atom stereocenters. The Morgan fingerprint density at radius 1 is 1.00 bits per heavy atom. The third kappa shape index (κ3) is 3.86. The first-order valence-corrected chi connectivity index (χ1v) is 13.4. The lowest BCUT2D eigenvalue weighted by molar-refractivity contribution is 0.0998. The van der Waals surface area contributed by atoms with Crippen LogP contribution >= 0.6 is 11.3 Å². The topological polar surface area (TPSA) is 71.7 Å². The van der Waals surface area contributed by atoms with Crippen LogP contribution in [0.25, 0.3) is 10.2 Å². The standard InChI is InChI=1S/C26H25N3O3S2/c1-17-15-23-24(16-18(17)2)33-26(28(23)3)27-25(30)20-10-12-21(13-11-20)34(31,32)29-14-6-8-19-7-4-5-9-22(19)29/h4-5,7,9-13,15-16H,6,8,14H2,1-3H3. The number of carbonyl (C=O) groups is 1. The Balaban J connectivity index is 1.45. The van der Waals surface area contributed by atoms with Crippen molar-refractivity contribution >= 4 is 43.2 Å². The summed E-state index contributed by atoms with van der Waals surface area (Å²) in [5.41, 5.74) is 5.52. The van der Waals surface area contributed by atoms with Crippen molar-refractivity contribution in [1.82, 2.24) is 4.57 Å². The van der Waals surface area contributed by atoms with Crippen LogP contribution < -0.4 is 9.11 Å². The van der Waals surface area contributed by atoms with Crippen LogP contribution in [0, 0.1) is 13.8 Å². The second kappa shape index (κ2) is 8.52. The molecule has 0 N–H and O–H groups in total. The fraction of sp³-hybridized carbons (Fsp3) is 0.231. The number of hydrogen-bond acceptors (Lipinski definition) is 4. The molecule has 0 fully saturated rings. The Labute approximate surface area is 202 Å². The SMILES string of the molecule is Cc1cc2sc(=NC(=O)c3ccc(S(=O)(=O)N4CCCc5ccccc54)cc3)n(C)c2cc1C. The van der Waals surface area contributed by atoms with E-state index < -0.39 is 15.9 Å². The number of nitrogens with zero attached hydrogens (tertiary/aromatic N) is 3. The Bertz CT molecular complexity index is 1600. The number of hydrogen-bond donors (Lipinski definition) is 0. The zero-order chi connectivity index (χ0) is 24.0. The van der Waals surface area contributed by atoms with Gasteiger partial charge in [-0.3, -0.25) is 9.10 Å². The van der Waals surface area contributed by atoms with Gasteiger partial charge in [0.2, 0.25) is 0 Å². The molecule has 3 aromatic carbocycles. The Kier molecular flexibility index (Phi) is 5.65. The molecule has 6 nitrogen and oxygen atoms in total. The monoisotopic (exact) mass is 491 g/mol. The second-order valence-corrected chi connectivity index (χ2v) is 11.5. The molecule has 0 atom stereocenters. The minimum Gasteiger partial charge on any atom is -0.319 e. The van der Waals surface area contributed by atoms with Crippen LogP contribution in [0.1, 0.15) is 33.5 Å². The first kappa shape index (κ1) is 22.6. The molecule has 34 heavy (non-hydrogen) atoms. The van der Waals surface area contributed by atoms with Gasteiger partial charge < -0.3 is 4.57 Å².